The molecule has 0 amide bonds. The number of thioether (sulfide) groups is 1. The Labute approximate surface area is 107 Å². The zero-order chi connectivity index (χ0) is 12.1. The zero-order valence-corrected chi connectivity index (χ0v) is 10.8. The summed E-state index contributed by atoms with van der Waals surface area (Å²) in [6.07, 6.45) is 7.30. The maximum atomic E-state index is 9.98. The molecule has 0 bridgehead atoms. The van der Waals surface area contributed by atoms with Gasteiger partial charge in [-0.25, -0.2) is 4.98 Å². The number of aromatic nitrogens is 1. The lowest BCUT2D eigenvalue weighted by molar-refractivity contribution is 0.200. The minimum atomic E-state index is -0.313. The standard InChI is InChI=1S/C13H20N2OS/c14-13-10(4-3-7-15-13)8-11(16)9-17-12-5-1-2-6-12/h3-4,7,11-12,16H,1-2,5-6,8-9H2,(H2,14,15). The molecule has 1 atom stereocenters. The van der Waals surface area contributed by atoms with Gasteiger partial charge in [0, 0.05) is 23.6 Å². The van der Waals surface area contributed by atoms with Crippen molar-refractivity contribution in [1.82, 2.24) is 4.98 Å². The minimum absolute atomic E-state index is 0.313. The Bertz CT molecular complexity index is 353. The second kappa shape index (κ2) is 6.26. The molecule has 4 heteroatoms. The van der Waals surface area contributed by atoms with Gasteiger partial charge in [0.25, 0.3) is 0 Å². The van der Waals surface area contributed by atoms with E-state index in [-0.39, 0.29) is 6.10 Å². The minimum Gasteiger partial charge on any atom is -0.392 e. The highest BCUT2D eigenvalue weighted by atomic mass is 32.2. The smallest absolute Gasteiger partial charge is 0.126 e. The average Bonchev–Trinajstić information content (AvgIpc) is 2.82. The quantitative estimate of drug-likeness (QED) is 0.844. The van der Waals surface area contributed by atoms with Crippen LogP contribution in [0.4, 0.5) is 5.82 Å². The first-order valence-electron chi connectivity index (χ1n) is 6.24. The largest absolute Gasteiger partial charge is 0.392 e. The number of hydrogen-bond donors (Lipinski definition) is 2. The van der Waals surface area contributed by atoms with E-state index >= 15 is 0 Å². The molecule has 2 rings (SSSR count). The third-order valence-corrected chi connectivity index (χ3v) is 4.73. The first-order valence-corrected chi connectivity index (χ1v) is 7.29. The summed E-state index contributed by atoms with van der Waals surface area (Å²) in [5.74, 6) is 1.34. The van der Waals surface area contributed by atoms with Gasteiger partial charge in [0.1, 0.15) is 5.82 Å². The van der Waals surface area contributed by atoms with E-state index in [1.807, 2.05) is 23.9 Å². The SMILES string of the molecule is Nc1ncccc1CC(O)CSC1CCCC1. The van der Waals surface area contributed by atoms with Crippen LogP contribution in [-0.4, -0.2) is 27.2 Å². The predicted molar refractivity (Wildman–Crippen MR) is 73.1 cm³/mol. The molecule has 0 radical (unpaired) electrons. The van der Waals surface area contributed by atoms with Crippen LogP contribution < -0.4 is 5.73 Å². The van der Waals surface area contributed by atoms with Gasteiger partial charge in [-0.2, -0.15) is 11.8 Å². The number of nitrogens with two attached hydrogens (primary N) is 1. The molecule has 1 aliphatic rings. The van der Waals surface area contributed by atoms with E-state index in [1.165, 1.54) is 25.7 Å². The molecule has 0 spiro atoms. The summed E-state index contributed by atoms with van der Waals surface area (Å²) in [4.78, 5) is 4.03. The molecule has 94 valence electrons. The number of pyridine rings is 1. The molecule has 0 aliphatic heterocycles. The van der Waals surface area contributed by atoms with Crippen LogP contribution in [0, 0.1) is 0 Å². The Morgan fingerprint density at radius 1 is 1.47 bits per heavy atom. The van der Waals surface area contributed by atoms with E-state index in [0.717, 1.165) is 16.6 Å². The fraction of sp³-hybridized carbons (Fsp3) is 0.615. The molecule has 1 aromatic rings. The normalized spacial score (nSPS) is 18.4. The lowest BCUT2D eigenvalue weighted by Gasteiger charge is -2.14. The fourth-order valence-corrected chi connectivity index (χ4v) is 3.52. The maximum absolute atomic E-state index is 9.98. The Morgan fingerprint density at radius 3 is 2.94 bits per heavy atom. The fourth-order valence-electron chi connectivity index (χ4n) is 2.24. The number of hydrogen-bond acceptors (Lipinski definition) is 4. The van der Waals surface area contributed by atoms with Crippen LogP contribution in [0.3, 0.4) is 0 Å². The molecule has 1 heterocycles. The molecule has 1 unspecified atom stereocenters. The highest BCUT2D eigenvalue weighted by molar-refractivity contribution is 7.99. The van der Waals surface area contributed by atoms with Gasteiger partial charge in [0.2, 0.25) is 0 Å². The molecule has 17 heavy (non-hydrogen) atoms. The number of aliphatic hydroxyl groups is 1. The van der Waals surface area contributed by atoms with E-state index < -0.39 is 0 Å². The number of anilines is 1. The van der Waals surface area contributed by atoms with Crippen molar-refractivity contribution in [2.75, 3.05) is 11.5 Å². The molecule has 0 saturated heterocycles. The number of nitrogens with zero attached hydrogens (tertiary/aromatic N) is 1. The Kier molecular flexibility index (Phi) is 4.68. The molecular weight excluding hydrogens is 232 g/mol. The summed E-state index contributed by atoms with van der Waals surface area (Å²) in [6, 6.07) is 3.80. The Balaban J connectivity index is 1.76. The van der Waals surface area contributed by atoms with E-state index in [9.17, 15) is 5.11 Å². The van der Waals surface area contributed by atoms with Crippen molar-refractivity contribution in [1.29, 1.82) is 0 Å². The second-order valence-electron chi connectivity index (χ2n) is 4.65. The third kappa shape index (κ3) is 3.89. The van der Waals surface area contributed by atoms with Crippen molar-refractivity contribution in [2.45, 2.75) is 43.5 Å². The second-order valence-corrected chi connectivity index (χ2v) is 5.98. The molecule has 1 aliphatic carbocycles. The van der Waals surface area contributed by atoms with E-state index in [1.54, 1.807) is 6.20 Å². The van der Waals surface area contributed by atoms with Crippen LogP contribution in [0.2, 0.25) is 0 Å². The van der Waals surface area contributed by atoms with Crippen molar-refractivity contribution in [2.24, 2.45) is 0 Å². The van der Waals surface area contributed by atoms with Crippen LogP contribution >= 0.6 is 11.8 Å². The molecule has 3 nitrogen and oxygen atoms in total. The van der Waals surface area contributed by atoms with Crippen molar-refractivity contribution >= 4 is 17.6 Å². The molecule has 1 fully saturated rings. The number of nitrogen functional groups attached to an aromatic ring is 1. The van der Waals surface area contributed by atoms with E-state index in [0.29, 0.717) is 12.2 Å². The topological polar surface area (TPSA) is 59.1 Å². The summed E-state index contributed by atoms with van der Waals surface area (Å²) >= 11 is 1.91. The summed E-state index contributed by atoms with van der Waals surface area (Å²) in [5, 5.41) is 10.7. The molecular formula is C13H20N2OS. The third-order valence-electron chi connectivity index (χ3n) is 3.21. The lowest BCUT2D eigenvalue weighted by Crippen LogP contribution is -2.16. The summed E-state index contributed by atoms with van der Waals surface area (Å²) < 4.78 is 0. The van der Waals surface area contributed by atoms with Crippen molar-refractivity contribution in [3.63, 3.8) is 0 Å². The molecule has 0 aromatic carbocycles. The van der Waals surface area contributed by atoms with Crippen molar-refractivity contribution in [3.8, 4) is 0 Å². The zero-order valence-electron chi connectivity index (χ0n) is 10.0. The van der Waals surface area contributed by atoms with E-state index in [2.05, 4.69) is 4.98 Å². The van der Waals surface area contributed by atoms with Crippen LogP contribution in [0.15, 0.2) is 18.3 Å². The van der Waals surface area contributed by atoms with Gasteiger partial charge in [-0.15, -0.1) is 0 Å². The number of rotatable bonds is 5. The lowest BCUT2D eigenvalue weighted by atomic mass is 10.1. The van der Waals surface area contributed by atoms with Gasteiger partial charge in [0.05, 0.1) is 6.10 Å². The summed E-state index contributed by atoms with van der Waals surface area (Å²) in [6.45, 7) is 0. The Morgan fingerprint density at radius 2 is 2.24 bits per heavy atom. The van der Waals surface area contributed by atoms with E-state index in [4.69, 9.17) is 5.73 Å². The Hall–Kier alpha value is -0.740. The summed E-state index contributed by atoms with van der Waals surface area (Å²) in [5.41, 5.74) is 6.71. The predicted octanol–water partition coefficient (Wildman–Crippen LogP) is 2.24. The van der Waals surface area contributed by atoms with Crippen LogP contribution in [0.1, 0.15) is 31.2 Å². The molecule has 3 N–H and O–H groups in total. The molecule has 1 saturated carbocycles. The van der Waals surface area contributed by atoms with Gasteiger partial charge < -0.3 is 10.8 Å². The van der Waals surface area contributed by atoms with Crippen LogP contribution in [0.5, 0.6) is 0 Å². The monoisotopic (exact) mass is 252 g/mol. The summed E-state index contributed by atoms with van der Waals surface area (Å²) in [7, 11) is 0. The first-order chi connectivity index (χ1) is 8.25. The highest BCUT2D eigenvalue weighted by Gasteiger charge is 2.17. The highest BCUT2D eigenvalue weighted by Crippen LogP contribution is 2.30. The average molecular weight is 252 g/mol. The van der Waals surface area contributed by atoms with Gasteiger partial charge in [-0.1, -0.05) is 18.9 Å². The van der Waals surface area contributed by atoms with Crippen molar-refractivity contribution in [3.05, 3.63) is 23.9 Å². The maximum Gasteiger partial charge on any atom is 0.126 e. The van der Waals surface area contributed by atoms with Crippen LogP contribution in [-0.2, 0) is 6.42 Å². The van der Waals surface area contributed by atoms with Gasteiger partial charge in [0.15, 0.2) is 0 Å². The van der Waals surface area contributed by atoms with Crippen molar-refractivity contribution < 1.29 is 5.11 Å². The van der Waals surface area contributed by atoms with Gasteiger partial charge in [-0.3, -0.25) is 0 Å². The number of aliphatic hydroxyl groups excluding tert-OH is 1. The van der Waals surface area contributed by atoms with Crippen LogP contribution in [0.25, 0.3) is 0 Å². The molecule has 1 aromatic heterocycles. The van der Waals surface area contributed by atoms with Gasteiger partial charge in [-0.05, 0) is 24.5 Å². The first kappa shape index (κ1) is 12.7. The van der Waals surface area contributed by atoms with Gasteiger partial charge >= 0.3 is 0 Å².